The Morgan fingerprint density at radius 1 is 1.50 bits per heavy atom. The monoisotopic (exact) mass is 245 g/mol. The van der Waals surface area contributed by atoms with Gasteiger partial charge in [0.05, 0.1) is 16.9 Å². The molecule has 0 aliphatic carbocycles. The van der Waals surface area contributed by atoms with Gasteiger partial charge in [-0.15, -0.1) is 11.6 Å². The van der Waals surface area contributed by atoms with E-state index >= 15 is 0 Å². The van der Waals surface area contributed by atoms with Crippen LogP contribution in [0.3, 0.4) is 0 Å². The van der Waals surface area contributed by atoms with Crippen molar-refractivity contribution in [2.75, 3.05) is 5.88 Å². The Kier molecular flexibility index (Phi) is 4.23. The van der Waals surface area contributed by atoms with Crippen molar-refractivity contribution in [1.82, 2.24) is 0 Å². The highest BCUT2D eigenvalue weighted by atomic mass is 35.5. The third kappa shape index (κ3) is 2.69. The molecule has 0 amide bonds. The first-order chi connectivity index (χ1) is 7.47. The molecule has 1 aromatic rings. The third-order valence-corrected chi connectivity index (χ3v) is 2.60. The minimum Gasteiger partial charge on any atom is -0.389 e. The molecule has 2 N–H and O–H groups in total. The molecule has 0 spiro atoms. The summed E-state index contributed by atoms with van der Waals surface area (Å²) < 4.78 is 0. The fourth-order valence-corrected chi connectivity index (χ4v) is 1.54. The van der Waals surface area contributed by atoms with Crippen LogP contribution in [0.25, 0.3) is 0 Å². The summed E-state index contributed by atoms with van der Waals surface area (Å²) in [5, 5.41) is 29.5. The molecule has 0 saturated carbocycles. The van der Waals surface area contributed by atoms with E-state index in [1.807, 2.05) is 0 Å². The molecule has 6 heteroatoms. The lowest BCUT2D eigenvalue weighted by molar-refractivity contribution is -0.385. The van der Waals surface area contributed by atoms with Crippen molar-refractivity contribution in [3.63, 3.8) is 0 Å². The van der Waals surface area contributed by atoms with Crippen LogP contribution < -0.4 is 0 Å². The summed E-state index contributed by atoms with van der Waals surface area (Å²) >= 11 is 5.40. The zero-order chi connectivity index (χ0) is 12.3. The van der Waals surface area contributed by atoms with Gasteiger partial charge in [-0.05, 0) is 24.6 Å². The smallest absolute Gasteiger partial charge is 0.272 e. The highest BCUT2D eigenvalue weighted by Gasteiger charge is 2.19. The summed E-state index contributed by atoms with van der Waals surface area (Å²) in [6.07, 6.45) is -2.21. The molecule has 2 unspecified atom stereocenters. The lowest BCUT2D eigenvalue weighted by Gasteiger charge is -2.15. The van der Waals surface area contributed by atoms with Crippen LogP contribution in [-0.2, 0) is 0 Å². The van der Waals surface area contributed by atoms with Crippen LogP contribution in [0.4, 0.5) is 5.69 Å². The molecule has 0 radical (unpaired) electrons. The number of nitro benzene ring substituents is 1. The van der Waals surface area contributed by atoms with E-state index in [2.05, 4.69) is 0 Å². The van der Waals surface area contributed by atoms with Gasteiger partial charge in [0.2, 0.25) is 0 Å². The quantitative estimate of drug-likeness (QED) is 0.479. The van der Waals surface area contributed by atoms with E-state index in [-0.39, 0.29) is 11.6 Å². The highest BCUT2D eigenvalue weighted by molar-refractivity contribution is 6.18. The van der Waals surface area contributed by atoms with Crippen molar-refractivity contribution < 1.29 is 15.1 Å². The van der Waals surface area contributed by atoms with E-state index in [0.29, 0.717) is 11.1 Å². The molecule has 0 aliphatic rings. The maximum absolute atomic E-state index is 10.6. The summed E-state index contributed by atoms with van der Waals surface area (Å²) in [5.41, 5.74) is 0.830. The van der Waals surface area contributed by atoms with Crippen LogP contribution in [0, 0.1) is 17.0 Å². The Morgan fingerprint density at radius 2 is 2.12 bits per heavy atom. The number of nitro groups is 1. The Bertz CT molecular complexity index is 396. The zero-order valence-electron chi connectivity index (χ0n) is 8.63. The predicted molar refractivity (Wildman–Crippen MR) is 59.5 cm³/mol. The van der Waals surface area contributed by atoms with Crippen molar-refractivity contribution in [2.24, 2.45) is 0 Å². The molecule has 5 nitrogen and oxygen atoms in total. The van der Waals surface area contributed by atoms with E-state index in [0.717, 1.165) is 0 Å². The second-order valence-electron chi connectivity index (χ2n) is 3.47. The molecular formula is C10H12ClNO4. The molecule has 2 atom stereocenters. The SMILES string of the molecule is Cc1cc(C(O)C(O)CCl)ccc1[N+](=O)[O-]. The second kappa shape index (κ2) is 5.25. The predicted octanol–water partition coefficient (Wildman–Crippen LogP) is 1.54. The largest absolute Gasteiger partial charge is 0.389 e. The van der Waals surface area contributed by atoms with Crippen molar-refractivity contribution in [3.05, 3.63) is 39.4 Å². The first-order valence-electron chi connectivity index (χ1n) is 4.64. The zero-order valence-corrected chi connectivity index (χ0v) is 9.39. The van der Waals surface area contributed by atoms with Crippen LogP contribution in [0.1, 0.15) is 17.2 Å². The van der Waals surface area contributed by atoms with Gasteiger partial charge in [-0.2, -0.15) is 0 Å². The Hall–Kier alpha value is -1.17. The molecule has 0 heterocycles. The van der Waals surface area contributed by atoms with Gasteiger partial charge < -0.3 is 10.2 Å². The number of alkyl halides is 1. The van der Waals surface area contributed by atoms with Crippen LogP contribution in [0.15, 0.2) is 18.2 Å². The number of aliphatic hydroxyl groups excluding tert-OH is 2. The number of benzene rings is 1. The standard InChI is InChI=1S/C10H12ClNO4/c1-6-4-7(10(14)9(13)5-11)2-3-8(6)12(15)16/h2-4,9-10,13-14H,5H2,1H3. The maximum Gasteiger partial charge on any atom is 0.272 e. The van der Waals surface area contributed by atoms with Gasteiger partial charge in [-0.25, -0.2) is 0 Å². The summed E-state index contributed by atoms with van der Waals surface area (Å²) in [6, 6.07) is 4.18. The van der Waals surface area contributed by atoms with Crippen molar-refractivity contribution >= 4 is 17.3 Å². The van der Waals surface area contributed by atoms with Crippen LogP contribution in [-0.4, -0.2) is 27.1 Å². The van der Waals surface area contributed by atoms with Gasteiger partial charge in [-0.1, -0.05) is 0 Å². The van der Waals surface area contributed by atoms with E-state index < -0.39 is 17.1 Å². The number of aliphatic hydroxyl groups is 2. The van der Waals surface area contributed by atoms with Gasteiger partial charge in [0.25, 0.3) is 5.69 Å². The average molecular weight is 246 g/mol. The molecular weight excluding hydrogens is 234 g/mol. The summed E-state index contributed by atoms with van der Waals surface area (Å²) in [5.74, 6) is -0.1000. The molecule has 0 fully saturated rings. The van der Waals surface area contributed by atoms with E-state index in [4.69, 9.17) is 11.6 Å². The molecule has 0 aliphatic heterocycles. The van der Waals surface area contributed by atoms with Crippen LogP contribution in [0.2, 0.25) is 0 Å². The Labute approximate surface area is 97.4 Å². The van der Waals surface area contributed by atoms with Gasteiger partial charge >= 0.3 is 0 Å². The van der Waals surface area contributed by atoms with Crippen molar-refractivity contribution in [3.8, 4) is 0 Å². The Morgan fingerprint density at radius 3 is 2.56 bits per heavy atom. The van der Waals surface area contributed by atoms with E-state index in [1.165, 1.54) is 18.2 Å². The molecule has 0 aromatic heterocycles. The normalized spacial score (nSPS) is 14.5. The first kappa shape index (κ1) is 12.9. The van der Waals surface area contributed by atoms with E-state index in [1.54, 1.807) is 6.92 Å². The molecule has 1 rings (SSSR count). The highest BCUT2D eigenvalue weighted by Crippen LogP contribution is 2.24. The summed E-state index contributed by atoms with van der Waals surface area (Å²) in [6.45, 7) is 1.57. The van der Waals surface area contributed by atoms with Crippen molar-refractivity contribution in [2.45, 2.75) is 19.1 Å². The topological polar surface area (TPSA) is 83.6 Å². The minimum absolute atomic E-state index is 0.0173. The Balaban J connectivity index is 3.01. The lowest BCUT2D eigenvalue weighted by Crippen LogP contribution is -2.19. The molecule has 0 bridgehead atoms. The fourth-order valence-electron chi connectivity index (χ4n) is 1.37. The number of halogens is 1. The number of nitrogens with zero attached hydrogens (tertiary/aromatic N) is 1. The summed E-state index contributed by atoms with van der Waals surface area (Å²) in [7, 11) is 0. The van der Waals surface area contributed by atoms with Gasteiger partial charge in [0.15, 0.2) is 0 Å². The minimum atomic E-state index is -1.13. The molecule has 16 heavy (non-hydrogen) atoms. The number of rotatable bonds is 4. The van der Waals surface area contributed by atoms with Gasteiger partial charge in [0, 0.05) is 11.6 Å². The van der Waals surface area contributed by atoms with Crippen LogP contribution >= 0.6 is 11.6 Å². The van der Waals surface area contributed by atoms with Gasteiger partial charge in [0.1, 0.15) is 6.10 Å². The first-order valence-corrected chi connectivity index (χ1v) is 5.18. The third-order valence-electron chi connectivity index (χ3n) is 2.28. The van der Waals surface area contributed by atoms with E-state index in [9.17, 15) is 20.3 Å². The molecule has 88 valence electrons. The number of hydrogen-bond donors (Lipinski definition) is 2. The fraction of sp³-hybridized carbons (Fsp3) is 0.400. The number of aryl methyl sites for hydroxylation is 1. The second-order valence-corrected chi connectivity index (χ2v) is 3.78. The summed E-state index contributed by atoms with van der Waals surface area (Å²) in [4.78, 5) is 10.1. The lowest BCUT2D eigenvalue weighted by atomic mass is 10.0. The van der Waals surface area contributed by atoms with Gasteiger partial charge in [-0.3, -0.25) is 10.1 Å². The molecule has 1 aromatic carbocycles. The molecule has 0 saturated heterocycles. The van der Waals surface area contributed by atoms with Crippen LogP contribution in [0.5, 0.6) is 0 Å². The number of hydrogen-bond acceptors (Lipinski definition) is 4. The van der Waals surface area contributed by atoms with Crippen molar-refractivity contribution in [1.29, 1.82) is 0 Å². The average Bonchev–Trinajstić information content (AvgIpc) is 2.26. The maximum atomic E-state index is 10.6.